The van der Waals surface area contributed by atoms with E-state index in [2.05, 4.69) is 36.5 Å². The van der Waals surface area contributed by atoms with Gasteiger partial charge in [0.1, 0.15) is 0 Å². The molecule has 4 heteroatoms. The molecule has 0 aromatic heterocycles. The van der Waals surface area contributed by atoms with E-state index < -0.39 is 0 Å². The Morgan fingerprint density at radius 3 is 2.79 bits per heavy atom. The van der Waals surface area contributed by atoms with Gasteiger partial charge in [0, 0.05) is 39.8 Å². The Hall–Kier alpha value is -1.55. The number of nitrogens with one attached hydrogen (secondary N) is 1. The van der Waals surface area contributed by atoms with Gasteiger partial charge in [-0.3, -0.25) is 0 Å². The third kappa shape index (κ3) is 3.96. The van der Waals surface area contributed by atoms with Crippen LogP contribution in [0.1, 0.15) is 11.1 Å². The molecule has 0 spiro atoms. The van der Waals surface area contributed by atoms with E-state index in [1.807, 2.05) is 16.8 Å². The van der Waals surface area contributed by atoms with Gasteiger partial charge in [-0.1, -0.05) is 29.8 Å². The smallest absolute Gasteiger partial charge is 0.319 e. The van der Waals surface area contributed by atoms with Crippen LogP contribution in [0.25, 0.3) is 0 Å². The van der Waals surface area contributed by atoms with Crippen molar-refractivity contribution in [3.8, 4) is 0 Å². The van der Waals surface area contributed by atoms with Gasteiger partial charge in [0.05, 0.1) is 0 Å². The zero-order chi connectivity index (χ0) is 13.7. The van der Waals surface area contributed by atoms with Crippen LogP contribution in [0.3, 0.4) is 0 Å². The van der Waals surface area contributed by atoms with E-state index in [1.54, 1.807) is 0 Å². The van der Waals surface area contributed by atoms with Crippen LogP contribution in [0.2, 0.25) is 0 Å². The molecule has 4 nitrogen and oxygen atoms in total. The second-order valence-corrected chi connectivity index (χ2v) is 5.18. The second kappa shape index (κ2) is 6.57. The average molecular weight is 261 g/mol. The number of rotatable bonds is 3. The molecule has 1 aliphatic heterocycles. The molecule has 0 saturated carbocycles. The molecule has 104 valence electrons. The minimum absolute atomic E-state index is 0.147. The summed E-state index contributed by atoms with van der Waals surface area (Å²) >= 11 is 0. The van der Waals surface area contributed by atoms with Crippen LogP contribution in [-0.2, 0) is 6.42 Å². The highest BCUT2D eigenvalue weighted by molar-refractivity contribution is 5.74. The summed E-state index contributed by atoms with van der Waals surface area (Å²) in [5.74, 6) is 0. The number of nitrogens with zero attached hydrogens (tertiary/aromatic N) is 2. The molecule has 0 radical (unpaired) electrons. The fraction of sp³-hybridized carbons (Fsp3) is 0.533. The molecule has 0 atom stereocenters. The SMILES string of the molecule is Cc1cccc(CCN(C)C(=O)N2CCNCC2)c1. The normalized spacial score (nSPS) is 15.4. The Morgan fingerprint density at radius 1 is 1.37 bits per heavy atom. The number of likely N-dealkylation sites (N-methyl/N-ethyl adjacent to an activating group) is 1. The van der Waals surface area contributed by atoms with Crippen molar-refractivity contribution in [2.75, 3.05) is 39.8 Å². The highest BCUT2D eigenvalue weighted by Gasteiger charge is 2.19. The molecule has 0 bridgehead atoms. The first-order valence-corrected chi connectivity index (χ1v) is 6.93. The molecule has 1 aromatic rings. The largest absolute Gasteiger partial charge is 0.327 e. The molecule has 2 amide bonds. The van der Waals surface area contributed by atoms with Crippen molar-refractivity contribution in [3.05, 3.63) is 35.4 Å². The maximum atomic E-state index is 12.2. The summed E-state index contributed by atoms with van der Waals surface area (Å²) in [7, 11) is 1.89. The number of amides is 2. The van der Waals surface area contributed by atoms with E-state index in [-0.39, 0.29) is 6.03 Å². The summed E-state index contributed by atoms with van der Waals surface area (Å²) in [6.07, 6.45) is 0.913. The minimum Gasteiger partial charge on any atom is -0.327 e. The van der Waals surface area contributed by atoms with Gasteiger partial charge in [-0.05, 0) is 18.9 Å². The molecule has 19 heavy (non-hydrogen) atoms. The lowest BCUT2D eigenvalue weighted by Gasteiger charge is -2.31. The molecule has 2 rings (SSSR count). The number of urea groups is 1. The maximum Gasteiger partial charge on any atom is 0.319 e. The predicted molar refractivity (Wildman–Crippen MR) is 77.4 cm³/mol. The number of piperazine rings is 1. The van der Waals surface area contributed by atoms with Crippen molar-refractivity contribution in [3.63, 3.8) is 0 Å². The fourth-order valence-corrected chi connectivity index (χ4v) is 2.36. The third-order valence-corrected chi connectivity index (χ3v) is 3.53. The van der Waals surface area contributed by atoms with Crippen LogP contribution in [0.4, 0.5) is 4.79 Å². The van der Waals surface area contributed by atoms with E-state index in [0.717, 1.165) is 39.1 Å². The molecular weight excluding hydrogens is 238 g/mol. The van der Waals surface area contributed by atoms with Gasteiger partial charge < -0.3 is 15.1 Å². The second-order valence-electron chi connectivity index (χ2n) is 5.18. The number of carbonyl (C=O) groups excluding carboxylic acids is 1. The highest BCUT2D eigenvalue weighted by atomic mass is 16.2. The predicted octanol–water partition coefficient (Wildman–Crippen LogP) is 1.49. The summed E-state index contributed by atoms with van der Waals surface area (Å²) in [6, 6.07) is 8.62. The Kier molecular flexibility index (Phi) is 4.80. The van der Waals surface area contributed by atoms with Crippen molar-refractivity contribution < 1.29 is 4.79 Å². The Bertz CT molecular complexity index is 427. The average Bonchev–Trinajstić information content (AvgIpc) is 2.45. The van der Waals surface area contributed by atoms with Crippen molar-refractivity contribution in [2.45, 2.75) is 13.3 Å². The molecule has 1 N–H and O–H groups in total. The van der Waals surface area contributed by atoms with Gasteiger partial charge in [-0.15, -0.1) is 0 Å². The van der Waals surface area contributed by atoms with Crippen LogP contribution in [-0.4, -0.2) is 55.6 Å². The van der Waals surface area contributed by atoms with Gasteiger partial charge in [-0.25, -0.2) is 4.79 Å². The summed E-state index contributed by atoms with van der Waals surface area (Å²) in [5.41, 5.74) is 2.56. The van der Waals surface area contributed by atoms with E-state index in [1.165, 1.54) is 11.1 Å². The monoisotopic (exact) mass is 261 g/mol. The number of benzene rings is 1. The first kappa shape index (κ1) is 13.9. The highest BCUT2D eigenvalue weighted by Crippen LogP contribution is 2.06. The molecule has 0 aliphatic carbocycles. The number of aryl methyl sites for hydroxylation is 1. The summed E-state index contributed by atoms with van der Waals surface area (Å²) in [4.78, 5) is 16.0. The van der Waals surface area contributed by atoms with Crippen LogP contribution in [0.15, 0.2) is 24.3 Å². The van der Waals surface area contributed by atoms with Crippen LogP contribution < -0.4 is 5.32 Å². The van der Waals surface area contributed by atoms with Crippen molar-refractivity contribution in [2.24, 2.45) is 0 Å². The standard InChI is InChI=1S/C15H23N3O/c1-13-4-3-5-14(12-13)6-9-17(2)15(19)18-10-7-16-8-11-18/h3-5,12,16H,6-11H2,1-2H3. The summed E-state index contributed by atoms with van der Waals surface area (Å²) < 4.78 is 0. The van der Waals surface area contributed by atoms with Crippen molar-refractivity contribution >= 4 is 6.03 Å². The van der Waals surface area contributed by atoms with Crippen molar-refractivity contribution in [1.82, 2.24) is 15.1 Å². The van der Waals surface area contributed by atoms with E-state index in [0.29, 0.717) is 0 Å². The molecule has 1 fully saturated rings. The van der Waals surface area contributed by atoms with Crippen molar-refractivity contribution in [1.29, 1.82) is 0 Å². The van der Waals surface area contributed by atoms with E-state index in [9.17, 15) is 4.79 Å². The third-order valence-electron chi connectivity index (χ3n) is 3.53. The summed E-state index contributed by atoms with van der Waals surface area (Å²) in [6.45, 7) is 6.29. The van der Waals surface area contributed by atoms with Crippen LogP contribution in [0, 0.1) is 6.92 Å². The molecule has 1 saturated heterocycles. The topological polar surface area (TPSA) is 35.6 Å². The lowest BCUT2D eigenvalue weighted by atomic mass is 10.1. The zero-order valence-corrected chi connectivity index (χ0v) is 11.9. The Morgan fingerprint density at radius 2 is 2.11 bits per heavy atom. The molecule has 0 unspecified atom stereocenters. The van der Waals surface area contributed by atoms with Crippen LogP contribution >= 0.6 is 0 Å². The number of hydrogen-bond donors (Lipinski definition) is 1. The molecule has 1 aromatic carbocycles. The number of hydrogen-bond acceptors (Lipinski definition) is 2. The lowest BCUT2D eigenvalue weighted by molar-refractivity contribution is 0.156. The molecular formula is C15H23N3O. The van der Waals surface area contributed by atoms with Gasteiger partial charge in [0.25, 0.3) is 0 Å². The quantitative estimate of drug-likeness (QED) is 0.895. The van der Waals surface area contributed by atoms with Gasteiger partial charge in [0.2, 0.25) is 0 Å². The molecule has 1 heterocycles. The summed E-state index contributed by atoms with van der Waals surface area (Å²) in [5, 5.41) is 3.26. The Labute approximate surface area is 115 Å². The zero-order valence-electron chi connectivity index (χ0n) is 11.9. The first-order chi connectivity index (χ1) is 9.16. The lowest BCUT2D eigenvalue weighted by Crippen LogP contribution is -2.50. The fourth-order valence-electron chi connectivity index (χ4n) is 2.36. The maximum absolute atomic E-state index is 12.2. The van der Waals surface area contributed by atoms with Crippen LogP contribution in [0.5, 0.6) is 0 Å². The van der Waals surface area contributed by atoms with Gasteiger partial charge in [-0.2, -0.15) is 0 Å². The van der Waals surface area contributed by atoms with Gasteiger partial charge >= 0.3 is 6.03 Å². The molecule has 1 aliphatic rings. The minimum atomic E-state index is 0.147. The first-order valence-electron chi connectivity index (χ1n) is 6.93. The Balaban J connectivity index is 1.83. The van der Waals surface area contributed by atoms with E-state index >= 15 is 0 Å². The van der Waals surface area contributed by atoms with E-state index in [4.69, 9.17) is 0 Å². The van der Waals surface area contributed by atoms with Gasteiger partial charge in [0.15, 0.2) is 0 Å². The number of carbonyl (C=O) groups is 1.